The second-order valence-corrected chi connectivity index (χ2v) is 3.18. The molecule has 0 spiro atoms. The van der Waals surface area contributed by atoms with Crippen LogP contribution in [0.4, 0.5) is 0 Å². The summed E-state index contributed by atoms with van der Waals surface area (Å²) < 4.78 is 0. The Labute approximate surface area is 79.3 Å². The van der Waals surface area contributed by atoms with Crippen LogP contribution in [0.1, 0.15) is 14.5 Å². The Kier molecular flexibility index (Phi) is 3.46. The third-order valence-corrected chi connectivity index (χ3v) is 2.25. The van der Waals surface area contributed by atoms with E-state index in [1.807, 2.05) is 5.43 Å². The van der Waals surface area contributed by atoms with Crippen LogP contribution in [-0.4, -0.2) is 17.6 Å². The number of carbonyl (C=O) groups is 1. The second kappa shape index (κ2) is 4.62. The summed E-state index contributed by atoms with van der Waals surface area (Å²) in [5, 5.41) is 8.42. The molecule has 1 rings (SSSR count). The van der Waals surface area contributed by atoms with Gasteiger partial charge in [0.2, 0.25) is 0 Å². The molecule has 0 aliphatic heterocycles. The van der Waals surface area contributed by atoms with Crippen molar-refractivity contribution >= 4 is 17.2 Å². The van der Waals surface area contributed by atoms with Gasteiger partial charge in [-0.2, -0.15) is 0 Å². The van der Waals surface area contributed by atoms with Gasteiger partial charge in [0.15, 0.2) is 0 Å². The summed E-state index contributed by atoms with van der Waals surface area (Å²) in [4.78, 5) is 12.2. The number of nitrogens with two attached hydrogens (primary N) is 1. The minimum Gasteiger partial charge on any atom is -0.384 e. The lowest BCUT2D eigenvalue weighted by atomic mass is 10.4. The zero-order valence-corrected chi connectivity index (χ0v) is 7.52. The van der Waals surface area contributed by atoms with Crippen LogP contribution < -0.4 is 11.3 Å². The molecule has 0 atom stereocenters. The number of hydrogen-bond donors (Lipinski definition) is 3. The van der Waals surface area contributed by atoms with Crippen LogP contribution in [0.3, 0.4) is 0 Å². The van der Waals surface area contributed by atoms with E-state index < -0.39 is 0 Å². The lowest BCUT2D eigenvalue weighted by Gasteiger charge is -1.91. The van der Waals surface area contributed by atoms with Gasteiger partial charge in [0.25, 0.3) is 5.91 Å². The molecule has 1 aromatic rings. The predicted octanol–water partition coefficient (Wildman–Crippen LogP) is -0.305. The highest BCUT2D eigenvalue weighted by molar-refractivity contribution is 7.14. The van der Waals surface area contributed by atoms with Gasteiger partial charge in [-0.15, -0.1) is 11.3 Å². The summed E-state index contributed by atoms with van der Waals surface area (Å²) in [5.74, 6) is 9.79. The lowest BCUT2D eigenvalue weighted by molar-refractivity contribution is 0.0957. The first-order chi connectivity index (χ1) is 6.27. The van der Waals surface area contributed by atoms with E-state index in [1.54, 1.807) is 12.1 Å². The van der Waals surface area contributed by atoms with E-state index in [1.165, 1.54) is 11.3 Å². The molecule has 1 heterocycles. The van der Waals surface area contributed by atoms with Crippen molar-refractivity contribution < 1.29 is 9.90 Å². The highest BCUT2D eigenvalue weighted by atomic mass is 32.1. The Hall–Kier alpha value is -1.35. The maximum absolute atomic E-state index is 11.0. The number of thiophene rings is 1. The minimum absolute atomic E-state index is 0.184. The average molecular weight is 196 g/mol. The van der Waals surface area contributed by atoms with Gasteiger partial charge >= 0.3 is 0 Å². The van der Waals surface area contributed by atoms with Crippen LogP contribution in [-0.2, 0) is 0 Å². The Morgan fingerprint density at radius 2 is 2.46 bits per heavy atom. The normalized spacial score (nSPS) is 8.77. The SMILES string of the molecule is NNC(=O)c1ccc(C#CCO)s1. The number of rotatable bonds is 1. The van der Waals surface area contributed by atoms with E-state index in [0.29, 0.717) is 4.88 Å². The summed E-state index contributed by atoms with van der Waals surface area (Å²) in [6.07, 6.45) is 0. The molecule has 4 nitrogen and oxygen atoms in total. The van der Waals surface area contributed by atoms with E-state index in [2.05, 4.69) is 11.8 Å². The molecule has 0 bridgehead atoms. The fourth-order valence-electron chi connectivity index (χ4n) is 0.725. The minimum atomic E-state index is -0.331. The molecule has 0 fully saturated rings. The van der Waals surface area contributed by atoms with Crippen molar-refractivity contribution in [2.75, 3.05) is 6.61 Å². The van der Waals surface area contributed by atoms with Gasteiger partial charge < -0.3 is 5.11 Å². The number of hydrogen-bond acceptors (Lipinski definition) is 4. The fraction of sp³-hybridized carbons (Fsp3) is 0.125. The largest absolute Gasteiger partial charge is 0.384 e. The molecule has 0 aliphatic rings. The second-order valence-electron chi connectivity index (χ2n) is 2.10. The Bertz CT molecular complexity index is 362. The highest BCUT2D eigenvalue weighted by Crippen LogP contribution is 2.14. The maximum atomic E-state index is 11.0. The van der Waals surface area contributed by atoms with Gasteiger partial charge in [0.1, 0.15) is 6.61 Å². The van der Waals surface area contributed by atoms with Gasteiger partial charge in [-0.3, -0.25) is 10.2 Å². The summed E-state index contributed by atoms with van der Waals surface area (Å²) in [5.41, 5.74) is 2.02. The van der Waals surface area contributed by atoms with E-state index in [9.17, 15) is 4.79 Å². The molecule has 13 heavy (non-hydrogen) atoms. The quantitative estimate of drug-likeness (QED) is 0.250. The van der Waals surface area contributed by atoms with Crippen LogP contribution in [0.5, 0.6) is 0 Å². The summed E-state index contributed by atoms with van der Waals surface area (Å²) in [6.45, 7) is -0.184. The van der Waals surface area contributed by atoms with Crippen molar-refractivity contribution in [1.29, 1.82) is 0 Å². The molecule has 5 heteroatoms. The number of carbonyl (C=O) groups excluding carboxylic acids is 1. The summed E-state index contributed by atoms with van der Waals surface area (Å²) in [7, 11) is 0. The number of hydrazine groups is 1. The maximum Gasteiger partial charge on any atom is 0.275 e. The van der Waals surface area contributed by atoms with Gasteiger partial charge in [-0.25, -0.2) is 5.84 Å². The smallest absolute Gasteiger partial charge is 0.275 e. The lowest BCUT2D eigenvalue weighted by Crippen LogP contribution is -2.29. The molecule has 0 saturated heterocycles. The predicted molar refractivity (Wildman–Crippen MR) is 49.9 cm³/mol. The Morgan fingerprint density at radius 3 is 3.08 bits per heavy atom. The topological polar surface area (TPSA) is 75.3 Å². The van der Waals surface area contributed by atoms with Crippen LogP contribution in [0.15, 0.2) is 12.1 Å². The number of nitrogen functional groups attached to an aromatic ring is 1. The highest BCUT2D eigenvalue weighted by Gasteiger charge is 2.05. The van der Waals surface area contributed by atoms with Gasteiger partial charge in [-0.1, -0.05) is 11.8 Å². The van der Waals surface area contributed by atoms with E-state index >= 15 is 0 Å². The van der Waals surface area contributed by atoms with E-state index in [4.69, 9.17) is 10.9 Å². The Morgan fingerprint density at radius 1 is 1.69 bits per heavy atom. The molecule has 0 aliphatic carbocycles. The molecule has 1 aromatic heterocycles. The average Bonchev–Trinajstić information content (AvgIpc) is 2.62. The molecule has 0 unspecified atom stereocenters. The van der Waals surface area contributed by atoms with Gasteiger partial charge in [-0.05, 0) is 12.1 Å². The third kappa shape index (κ3) is 2.56. The summed E-state index contributed by atoms with van der Waals surface area (Å²) >= 11 is 1.23. The monoisotopic (exact) mass is 196 g/mol. The fourth-order valence-corrected chi connectivity index (χ4v) is 1.51. The van der Waals surface area contributed by atoms with Crippen molar-refractivity contribution in [3.63, 3.8) is 0 Å². The number of aliphatic hydroxyl groups excluding tert-OH is 1. The molecular weight excluding hydrogens is 188 g/mol. The molecule has 0 saturated carbocycles. The molecule has 0 radical (unpaired) electrons. The first kappa shape index (κ1) is 9.74. The molecule has 68 valence electrons. The van der Waals surface area contributed by atoms with Gasteiger partial charge in [0.05, 0.1) is 9.75 Å². The zero-order chi connectivity index (χ0) is 9.68. The molecule has 0 aromatic carbocycles. The van der Waals surface area contributed by atoms with Crippen LogP contribution >= 0.6 is 11.3 Å². The molecule has 1 amide bonds. The van der Waals surface area contributed by atoms with Crippen LogP contribution in [0.2, 0.25) is 0 Å². The van der Waals surface area contributed by atoms with Crippen molar-refractivity contribution in [3.05, 3.63) is 21.9 Å². The molecule has 4 N–H and O–H groups in total. The van der Waals surface area contributed by atoms with E-state index in [-0.39, 0.29) is 12.5 Å². The third-order valence-electron chi connectivity index (χ3n) is 1.25. The van der Waals surface area contributed by atoms with Gasteiger partial charge in [0, 0.05) is 0 Å². The first-order valence-electron chi connectivity index (χ1n) is 3.48. The van der Waals surface area contributed by atoms with Crippen molar-refractivity contribution in [2.45, 2.75) is 0 Å². The Balaban J connectivity index is 2.80. The van der Waals surface area contributed by atoms with Crippen molar-refractivity contribution in [2.24, 2.45) is 5.84 Å². The van der Waals surface area contributed by atoms with Crippen LogP contribution in [0, 0.1) is 11.8 Å². The standard InChI is InChI=1S/C8H8N2O2S/c9-10-8(12)7-4-3-6(13-7)2-1-5-11/h3-4,11H,5,9H2,(H,10,12). The number of amides is 1. The zero-order valence-electron chi connectivity index (χ0n) is 6.70. The van der Waals surface area contributed by atoms with Crippen LogP contribution in [0.25, 0.3) is 0 Å². The van der Waals surface area contributed by atoms with E-state index in [0.717, 1.165) is 4.88 Å². The first-order valence-corrected chi connectivity index (χ1v) is 4.30. The van der Waals surface area contributed by atoms with Crippen molar-refractivity contribution in [1.82, 2.24) is 5.43 Å². The number of nitrogens with one attached hydrogen (secondary N) is 1. The number of aliphatic hydroxyl groups is 1. The molecular formula is C8H8N2O2S. The van der Waals surface area contributed by atoms with Crippen molar-refractivity contribution in [3.8, 4) is 11.8 Å². The summed E-state index contributed by atoms with van der Waals surface area (Å²) in [6, 6.07) is 3.34.